The molecule has 6 saturated heterocycles. The molecule has 6 aliphatic rings. The highest BCUT2D eigenvalue weighted by Crippen LogP contribution is 2.55. The summed E-state index contributed by atoms with van der Waals surface area (Å²) in [6.45, 7) is 0. The molecular formula is C21H28F21O12Si8. The van der Waals surface area contributed by atoms with Gasteiger partial charge in [-0.3, -0.25) is 0 Å². The summed E-state index contributed by atoms with van der Waals surface area (Å²) >= 11 is 0. The van der Waals surface area contributed by atoms with Crippen molar-refractivity contribution < 1.29 is 142 Å². The van der Waals surface area contributed by atoms with Crippen LogP contribution in [-0.2, 0) is 49.4 Å². The molecule has 1 radical (unpaired) electrons. The van der Waals surface area contributed by atoms with E-state index in [1.165, 1.54) is 0 Å². The van der Waals surface area contributed by atoms with E-state index < -0.39 is 202 Å². The summed E-state index contributed by atoms with van der Waals surface area (Å²) in [6, 6.07) is -13.4. The molecule has 0 amide bonds. The van der Waals surface area contributed by atoms with Crippen molar-refractivity contribution in [1.82, 2.24) is 0 Å². The molecule has 0 aromatic rings. The highest BCUT2D eigenvalue weighted by molar-refractivity contribution is 7.01. The summed E-state index contributed by atoms with van der Waals surface area (Å²) in [6.07, 6.45) is -54.0. The molecule has 0 unspecified atom stereocenters. The molecule has 0 aromatic carbocycles. The van der Waals surface area contributed by atoms with E-state index >= 15 is 0 Å². The normalized spacial score (nSPS) is 36.3. The highest BCUT2D eigenvalue weighted by Gasteiger charge is 2.82. The van der Waals surface area contributed by atoms with Gasteiger partial charge in [-0.1, -0.05) is 0 Å². The summed E-state index contributed by atoms with van der Waals surface area (Å²) in [5, 5.41) is 0. The van der Waals surface area contributed by atoms with Crippen LogP contribution in [0.3, 0.4) is 0 Å². The molecule has 0 N–H and O–H groups in total. The van der Waals surface area contributed by atoms with Gasteiger partial charge < -0.3 is 49.4 Å². The lowest BCUT2D eigenvalue weighted by Crippen LogP contribution is -2.86. The monoisotopic (exact) mass is 1090 g/mol. The van der Waals surface area contributed by atoms with E-state index in [-0.39, 0.29) is 0 Å². The van der Waals surface area contributed by atoms with Crippen LogP contribution in [0.1, 0.15) is 44.9 Å². The zero-order chi connectivity index (χ0) is 47.0. The summed E-state index contributed by atoms with van der Waals surface area (Å²) in [4.78, 5) is 0. The van der Waals surface area contributed by atoms with Gasteiger partial charge in [-0.15, -0.1) is 0 Å². The lowest BCUT2D eigenvalue weighted by atomic mass is 10.5. The van der Waals surface area contributed by atoms with Gasteiger partial charge in [0, 0.05) is 87.3 Å². The first-order valence-electron chi connectivity index (χ1n) is 17.3. The van der Waals surface area contributed by atoms with Gasteiger partial charge >= 0.3 is 114 Å². The molecule has 6 heterocycles. The fraction of sp³-hybridized carbons (Fsp3) is 1.00. The van der Waals surface area contributed by atoms with Gasteiger partial charge in [-0.05, 0) is 0 Å². The van der Waals surface area contributed by atoms with Crippen molar-refractivity contribution >= 4 is 71.2 Å². The molecule has 8 bridgehead atoms. The largest absolute Gasteiger partial charge is 0.553 e. The molecule has 41 heteroatoms. The van der Waals surface area contributed by atoms with E-state index in [1.54, 1.807) is 0 Å². The Kier molecular flexibility index (Phi) is 14.5. The second kappa shape index (κ2) is 17.1. The first-order valence-corrected chi connectivity index (χ1v) is 32.1. The minimum atomic E-state index is -6.49. The molecule has 6 rings (SSSR count). The minimum Gasteiger partial charge on any atom is -0.373 e. The topological polar surface area (TPSA) is 111 Å². The fourth-order valence-electron chi connectivity index (χ4n) is 6.15. The van der Waals surface area contributed by atoms with Crippen LogP contribution in [0.25, 0.3) is 0 Å². The molecule has 0 saturated carbocycles. The Morgan fingerprint density at radius 3 is 0.500 bits per heavy atom. The number of rotatable bonds is 14. The molecule has 0 aliphatic carbocycles. The van der Waals surface area contributed by atoms with Crippen LogP contribution in [0.15, 0.2) is 0 Å². The van der Waals surface area contributed by atoms with Crippen molar-refractivity contribution in [3.63, 3.8) is 0 Å². The lowest BCUT2D eigenvalue weighted by molar-refractivity contribution is -0.137. The second-order valence-electron chi connectivity index (χ2n) is 14.1. The van der Waals surface area contributed by atoms with Crippen LogP contribution in [0, 0.1) is 0 Å². The number of hydrogen-bond donors (Lipinski definition) is 0. The van der Waals surface area contributed by atoms with Gasteiger partial charge in [-0.2, -0.15) is 92.2 Å². The first-order chi connectivity index (χ1) is 27.6. The summed E-state index contributed by atoms with van der Waals surface area (Å²) in [5.74, 6) is 0. The molecule has 12 nitrogen and oxygen atoms in total. The average molecular weight is 1100 g/mol. The summed E-state index contributed by atoms with van der Waals surface area (Å²) < 4.78 is 362. The van der Waals surface area contributed by atoms with E-state index in [4.69, 9.17) is 49.4 Å². The standard InChI is InChI=1S/C21H28F21O12Si8/c22-15(23,24)1-8-56-43-55-44-57(9-2-16(25,26)27)48-59(46-56,11-4-18(31,32)33)52-62(14-7-21(40,41)42)53-60(47-56,12-5-19(34,35)36)49-58(45-55,10-3-17(28,29)30)51-61(50-57,54-62)13-6-20(37,38)39/h1-14H2. The smallest absolute Gasteiger partial charge is 0.373 e. The van der Waals surface area contributed by atoms with Crippen LogP contribution < -0.4 is 0 Å². The molecule has 6 fully saturated rings. The van der Waals surface area contributed by atoms with Gasteiger partial charge in [0.2, 0.25) is 0 Å². The van der Waals surface area contributed by atoms with Crippen LogP contribution in [0.4, 0.5) is 92.2 Å². The lowest BCUT2D eigenvalue weighted by Gasteiger charge is -2.61. The van der Waals surface area contributed by atoms with E-state index in [9.17, 15) is 92.2 Å². The molecule has 0 spiro atoms. The van der Waals surface area contributed by atoms with Gasteiger partial charge in [-0.25, -0.2) is 0 Å². The Hall–Kier alpha value is -0.215. The van der Waals surface area contributed by atoms with Crippen LogP contribution in [0.5, 0.6) is 0 Å². The van der Waals surface area contributed by atoms with Crippen molar-refractivity contribution in [2.45, 2.75) is 130 Å². The predicted octanol–water partition coefficient (Wildman–Crippen LogP) is 9.48. The predicted molar refractivity (Wildman–Crippen MR) is 167 cm³/mol. The second-order valence-corrected chi connectivity index (χ2v) is 37.4. The molecule has 62 heavy (non-hydrogen) atoms. The zero-order valence-electron chi connectivity index (χ0n) is 30.2. The van der Waals surface area contributed by atoms with E-state index in [1.807, 2.05) is 0 Å². The molecule has 0 aromatic heterocycles. The van der Waals surface area contributed by atoms with Crippen molar-refractivity contribution in [1.29, 1.82) is 0 Å². The molecular weight excluding hydrogens is 1070 g/mol. The molecule has 0 atom stereocenters. The maximum atomic E-state index is 14.1. The highest BCUT2D eigenvalue weighted by atomic mass is 28.6. The molecule has 6 aliphatic heterocycles. The van der Waals surface area contributed by atoms with Gasteiger partial charge in [0.15, 0.2) is 0 Å². The quantitative estimate of drug-likeness (QED) is 0.122. The van der Waals surface area contributed by atoms with Gasteiger partial charge in [0.1, 0.15) is 0 Å². The Bertz CT molecular complexity index is 1400. The maximum absolute atomic E-state index is 14.1. The minimum absolute atomic E-state index is 1.85. The van der Waals surface area contributed by atoms with Crippen LogP contribution in [0.2, 0.25) is 42.3 Å². The Morgan fingerprint density at radius 1 is 0.226 bits per heavy atom. The number of halogens is 21. The van der Waals surface area contributed by atoms with Crippen LogP contribution in [-0.4, -0.2) is 114 Å². The average Bonchev–Trinajstić information content (AvgIpc) is 3.00. The third kappa shape index (κ3) is 14.9. The number of alkyl halides is 21. The molecule has 363 valence electrons. The third-order valence-corrected chi connectivity index (χ3v) is 42.7. The van der Waals surface area contributed by atoms with Gasteiger partial charge in [0.05, 0.1) is 0 Å². The van der Waals surface area contributed by atoms with E-state index in [0.717, 1.165) is 0 Å². The van der Waals surface area contributed by atoms with E-state index in [2.05, 4.69) is 0 Å². The fourth-order valence-corrected chi connectivity index (χ4v) is 52.0. The van der Waals surface area contributed by atoms with Crippen LogP contribution >= 0.6 is 0 Å². The zero-order valence-corrected chi connectivity index (χ0v) is 38.2. The van der Waals surface area contributed by atoms with Crippen molar-refractivity contribution in [2.24, 2.45) is 0 Å². The van der Waals surface area contributed by atoms with Crippen molar-refractivity contribution in [3.8, 4) is 0 Å². The third-order valence-electron chi connectivity index (χ3n) is 8.52. The maximum Gasteiger partial charge on any atom is 0.553 e. The van der Waals surface area contributed by atoms with Crippen molar-refractivity contribution in [3.05, 3.63) is 0 Å². The SMILES string of the molecule is FC(F)(F)CC[Si]12O[Si]3O[Si]4(CCC(F)(F)F)O[Si](CCC(F)(F)F)(O1)O[Si]1(CCC(F)(F)F)O[Si](CCC(F)(F)F)(O2)O[Si](CCC(F)(F)F)(O3)O[Si](CCC(F)(F)F)(O4)O1. The van der Waals surface area contributed by atoms with Gasteiger partial charge in [0.25, 0.3) is 0 Å². The first kappa shape index (κ1) is 52.8. The Morgan fingerprint density at radius 2 is 0.355 bits per heavy atom. The Balaban J connectivity index is 1.92. The Labute approximate surface area is 342 Å². The van der Waals surface area contributed by atoms with Crippen molar-refractivity contribution in [2.75, 3.05) is 0 Å². The summed E-state index contributed by atoms with van der Waals surface area (Å²) in [5.41, 5.74) is 0. The summed E-state index contributed by atoms with van der Waals surface area (Å²) in [7, 11) is -48.8. The van der Waals surface area contributed by atoms with E-state index in [0.29, 0.717) is 0 Å². The number of hydrogen-bond acceptors (Lipinski definition) is 12.